The van der Waals surface area contributed by atoms with Gasteiger partial charge in [-0.3, -0.25) is 14.2 Å². The van der Waals surface area contributed by atoms with Gasteiger partial charge in [-0.25, -0.2) is 4.98 Å². The number of amides is 1. The number of nitrogens with zero attached hydrogens (tertiary/aromatic N) is 2. The molecule has 1 fully saturated rings. The average Bonchev–Trinajstić information content (AvgIpc) is 3.37. The van der Waals surface area contributed by atoms with E-state index in [0.29, 0.717) is 22.0 Å². The van der Waals surface area contributed by atoms with Gasteiger partial charge in [0.15, 0.2) is 5.16 Å². The number of hydrogen-bond donors (Lipinski definition) is 1. The average molecular weight is 345 g/mol. The number of para-hydroxylation sites is 1. The third-order valence-electron chi connectivity index (χ3n) is 4.34. The predicted octanol–water partition coefficient (Wildman–Crippen LogP) is 2.98. The maximum Gasteiger partial charge on any atom is 0.262 e. The van der Waals surface area contributed by atoms with E-state index in [1.807, 2.05) is 32.0 Å². The molecule has 0 saturated heterocycles. The molecule has 1 atom stereocenters. The summed E-state index contributed by atoms with van der Waals surface area (Å²) in [7, 11) is 0. The lowest BCUT2D eigenvalue weighted by Crippen LogP contribution is -2.35. The Morgan fingerprint density at radius 3 is 2.71 bits per heavy atom. The van der Waals surface area contributed by atoms with E-state index in [4.69, 9.17) is 0 Å². The van der Waals surface area contributed by atoms with Crippen molar-refractivity contribution in [3.63, 3.8) is 0 Å². The van der Waals surface area contributed by atoms with Crippen LogP contribution in [0.25, 0.3) is 10.9 Å². The topological polar surface area (TPSA) is 64.0 Å². The van der Waals surface area contributed by atoms with Crippen molar-refractivity contribution >= 4 is 28.6 Å². The van der Waals surface area contributed by atoms with Gasteiger partial charge in [-0.1, -0.05) is 23.9 Å². The molecule has 0 unspecified atom stereocenters. The summed E-state index contributed by atoms with van der Waals surface area (Å²) in [5.41, 5.74) is 0.624. The molecule has 0 spiro atoms. The summed E-state index contributed by atoms with van der Waals surface area (Å²) in [6.45, 7) is 5.97. The fourth-order valence-electron chi connectivity index (χ4n) is 2.82. The summed E-state index contributed by atoms with van der Waals surface area (Å²) >= 11 is 1.33. The fourth-order valence-corrected chi connectivity index (χ4v) is 3.76. The summed E-state index contributed by atoms with van der Waals surface area (Å²) in [6.07, 6.45) is 2.40. The van der Waals surface area contributed by atoms with Crippen molar-refractivity contribution in [1.82, 2.24) is 14.9 Å². The second-order valence-electron chi connectivity index (χ2n) is 6.66. The van der Waals surface area contributed by atoms with Crippen LogP contribution in [0.3, 0.4) is 0 Å². The molecule has 128 valence electrons. The highest BCUT2D eigenvalue weighted by atomic mass is 32.2. The number of hydrogen-bond acceptors (Lipinski definition) is 4. The molecule has 1 aliphatic rings. The van der Waals surface area contributed by atoms with Gasteiger partial charge in [-0.2, -0.15) is 0 Å². The van der Waals surface area contributed by atoms with Gasteiger partial charge >= 0.3 is 0 Å². The molecule has 1 aromatic heterocycles. The molecule has 5 nitrogen and oxygen atoms in total. The highest BCUT2D eigenvalue weighted by molar-refractivity contribution is 7.99. The Morgan fingerprint density at radius 1 is 1.33 bits per heavy atom. The zero-order chi connectivity index (χ0) is 17.3. The summed E-state index contributed by atoms with van der Waals surface area (Å²) in [5.74, 6) is 0.901. The van der Waals surface area contributed by atoms with E-state index in [-0.39, 0.29) is 29.3 Å². The molecule has 1 aliphatic carbocycles. The van der Waals surface area contributed by atoms with Gasteiger partial charge in [-0.05, 0) is 51.7 Å². The van der Waals surface area contributed by atoms with Crippen LogP contribution in [0.1, 0.15) is 39.7 Å². The molecule has 2 aromatic rings. The van der Waals surface area contributed by atoms with Crippen LogP contribution in [0.4, 0.5) is 0 Å². The molecule has 0 aliphatic heterocycles. The van der Waals surface area contributed by atoms with Crippen LogP contribution in [-0.4, -0.2) is 27.3 Å². The minimum atomic E-state index is -0.0511. The summed E-state index contributed by atoms with van der Waals surface area (Å²) in [6, 6.07) is 7.56. The lowest BCUT2D eigenvalue weighted by Gasteiger charge is -2.17. The van der Waals surface area contributed by atoms with Crippen molar-refractivity contribution in [2.24, 2.45) is 5.92 Å². The van der Waals surface area contributed by atoms with E-state index < -0.39 is 0 Å². The summed E-state index contributed by atoms with van der Waals surface area (Å²) < 4.78 is 1.67. The first-order valence-corrected chi connectivity index (χ1v) is 9.39. The van der Waals surface area contributed by atoms with Crippen molar-refractivity contribution < 1.29 is 4.79 Å². The van der Waals surface area contributed by atoms with Gasteiger partial charge in [-0.15, -0.1) is 0 Å². The number of thioether (sulfide) groups is 1. The van der Waals surface area contributed by atoms with Crippen LogP contribution in [0.5, 0.6) is 0 Å². The number of carbonyl (C=O) groups excluding carboxylic acids is 1. The molecule has 0 radical (unpaired) electrons. The highest BCUT2D eigenvalue weighted by Crippen LogP contribution is 2.32. The minimum Gasteiger partial charge on any atom is -0.353 e. The Balaban J connectivity index is 1.81. The van der Waals surface area contributed by atoms with Gasteiger partial charge < -0.3 is 5.32 Å². The SMILES string of the molecule is CC(C)n1c(SCC(=O)N[C@@H](C)C2CC2)nc2ccccc2c1=O. The first-order chi connectivity index (χ1) is 11.5. The molecule has 1 aromatic carbocycles. The molecule has 1 saturated carbocycles. The van der Waals surface area contributed by atoms with Crippen molar-refractivity contribution in [2.45, 2.75) is 50.9 Å². The molecule has 0 bridgehead atoms. The quantitative estimate of drug-likeness (QED) is 0.646. The van der Waals surface area contributed by atoms with Gasteiger partial charge in [0, 0.05) is 12.1 Å². The molecule has 1 amide bonds. The zero-order valence-electron chi connectivity index (χ0n) is 14.3. The Hall–Kier alpha value is -1.82. The van der Waals surface area contributed by atoms with Crippen LogP contribution >= 0.6 is 11.8 Å². The van der Waals surface area contributed by atoms with E-state index in [1.54, 1.807) is 10.6 Å². The third kappa shape index (κ3) is 3.64. The maximum atomic E-state index is 12.7. The molecule has 6 heteroatoms. The second-order valence-corrected chi connectivity index (χ2v) is 7.61. The number of aromatic nitrogens is 2. The van der Waals surface area contributed by atoms with Crippen molar-refractivity contribution in [3.05, 3.63) is 34.6 Å². The molecule has 1 N–H and O–H groups in total. The second kappa shape index (κ2) is 6.97. The molecular formula is C18H23N3O2S. The standard InChI is InChI=1S/C18H23N3O2S/c1-11(2)21-17(23)14-6-4-5-7-15(14)20-18(21)24-10-16(22)19-12(3)13-8-9-13/h4-7,11-13H,8-10H2,1-3H3,(H,19,22)/t12-/m0/s1. The van der Waals surface area contributed by atoms with Gasteiger partial charge in [0.2, 0.25) is 5.91 Å². The van der Waals surface area contributed by atoms with E-state index in [2.05, 4.69) is 17.2 Å². The number of fused-ring (bicyclic) bond motifs is 1. The lowest BCUT2D eigenvalue weighted by atomic mass is 10.2. The van der Waals surface area contributed by atoms with E-state index >= 15 is 0 Å². The monoisotopic (exact) mass is 345 g/mol. The number of benzene rings is 1. The van der Waals surface area contributed by atoms with E-state index in [0.717, 1.165) is 0 Å². The molecule has 1 heterocycles. The normalized spacial score (nSPS) is 15.7. The van der Waals surface area contributed by atoms with Crippen LogP contribution < -0.4 is 10.9 Å². The van der Waals surface area contributed by atoms with Gasteiger partial charge in [0.05, 0.1) is 16.7 Å². The first-order valence-electron chi connectivity index (χ1n) is 8.41. The van der Waals surface area contributed by atoms with Crippen LogP contribution in [0.15, 0.2) is 34.2 Å². The van der Waals surface area contributed by atoms with Crippen LogP contribution in [0.2, 0.25) is 0 Å². The largest absolute Gasteiger partial charge is 0.353 e. The summed E-state index contributed by atoms with van der Waals surface area (Å²) in [5, 5.41) is 4.25. The van der Waals surface area contributed by atoms with Crippen molar-refractivity contribution in [3.8, 4) is 0 Å². The van der Waals surface area contributed by atoms with Crippen molar-refractivity contribution in [1.29, 1.82) is 0 Å². The van der Waals surface area contributed by atoms with Gasteiger partial charge in [0.1, 0.15) is 0 Å². The predicted molar refractivity (Wildman–Crippen MR) is 97.4 cm³/mol. The Morgan fingerprint density at radius 2 is 2.04 bits per heavy atom. The zero-order valence-corrected chi connectivity index (χ0v) is 15.1. The van der Waals surface area contributed by atoms with Crippen LogP contribution in [0, 0.1) is 5.92 Å². The summed E-state index contributed by atoms with van der Waals surface area (Å²) in [4.78, 5) is 29.5. The van der Waals surface area contributed by atoms with Crippen molar-refractivity contribution in [2.75, 3.05) is 5.75 Å². The Kier molecular flexibility index (Phi) is 4.94. The van der Waals surface area contributed by atoms with Gasteiger partial charge in [0.25, 0.3) is 5.56 Å². The van der Waals surface area contributed by atoms with Crippen LogP contribution in [-0.2, 0) is 4.79 Å². The molecule has 3 rings (SSSR count). The van der Waals surface area contributed by atoms with E-state index in [1.165, 1.54) is 24.6 Å². The lowest BCUT2D eigenvalue weighted by molar-refractivity contribution is -0.119. The number of carbonyl (C=O) groups is 1. The molecular weight excluding hydrogens is 322 g/mol. The minimum absolute atomic E-state index is 0.00267. The first kappa shape index (κ1) is 17.0. The van der Waals surface area contributed by atoms with E-state index in [9.17, 15) is 9.59 Å². The fraction of sp³-hybridized carbons (Fsp3) is 0.500. The smallest absolute Gasteiger partial charge is 0.262 e. The third-order valence-corrected chi connectivity index (χ3v) is 5.29. The molecule has 24 heavy (non-hydrogen) atoms. The number of rotatable bonds is 6. The Labute approximate surface area is 145 Å². The highest BCUT2D eigenvalue weighted by Gasteiger charge is 2.28. The Bertz CT molecular complexity index is 812. The maximum absolute atomic E-state index is 12.7. The number of nitrogens with one attached hydrogen (secondary N) is 1.